The summed E-state index contributed by atoms with van der Waals surface area (Å²) in [5.41, 5.74) is -0.978. The average Bonchev–Trinajstić information content (AvgIpc) is 1.21. The Morgan fingerprint density at radius 2 is 1.88 bits per heavy atom. The van der Waals surface area contributed by atoms with E-state index < -0.39 is 12.0 Å². The molecule has 0 bridgehead atoms. The summed E-state index contributed by atoms with van der Waals surface area (Å²) in [4.78, 5) is 0. The van der Waals surface area contributed by atoms with Gasteiger partial charge in [0.25, 0.3) is 0 Å². The molecule has 0 aliphatic carbocycles. The minimum Gasteiger partial charge on any atom is -0.379 e. The average molecular weight is 119 g/mol. The Balaban J connectivity index is 3.39. The monoisotopic (exact) mass is 119 g/mol. The maximum Gasteiger partial charge on any atom is 0.112 e. The van der Waals surface area contributed by atoms with Gasteiger partial charge in [0.2, 0.25) is 0 Å². The predicted molar refractivity (Wildman–Crippen MR) is 31.1 cm³/mol. The molecule has 0 heterocycles. The van der Waals surface area contributed by atoms with E-state index in [4.69, 9.17) is 10.2 Å². The predicted octanol–water partition coefficient (Wildman–Crippen LogP) is -0.357. The SMILES string of the molecule is CC(O)NC(C)(C)O. The summed E-state index contributed by atoms with van der Waals surface area (Å²) in [5, 5.41) is 20.0. The third-order valence-electron chi connectivity index (χ3n) is 0.562. The molecule has 0 rings (SSSR count). The standard InChI is InChI=1S/C5H13NO2/c1-4(7)6-5(2,3)8/h4,6-8H,1-3H3. The number of hydrogen-bond acceptors (Lipinski definition) is 3. The second kappa shape index (κ2) is 2.44. The Morgan fingerprint density at radius 3 is 1.88 bits per heavy atom. The molecule has 1 atom stereocenters. The summed E-state index contributed by atoms with van der Waals surface area (Å²) in [7, 11) is 0. The van der Waals surface area contributed by atoms with Gasteiger partial charge in [-0.25, -0.2) is 0 Å². The Bertz CT molecular complexity index is 65.3. The van der Waals surface area contributed by atoms with Crippen LogP contribution in [0.4, 0.5) is 0 Å². The zero-order valence-electron chi connectivity index (χ0n) is 5.47. The van der Waals surface area contributed by atoms with E-state index in [-0.39, 0.29) is 0 Å². The van der Waals surface area contributed by atoms with Crippen molar-refractivity contribution in [2.75, 3.05) is 0 Å². The Morgan fingerprint density at radius 1 is 1.50 bits per heavy atom. The van der Waals surface area contributed by atoms with E-state index in [1.807, 2.05) is 0 Å². The van der Waals surface area contributed by atoms with Crippen molar-refractivity contribution in [3.8, 4) is 0 Å². The first kappa shape index (κ1) is 7.88. The molecule has 0 aromatic heterocycles. The topological polar surface area (TPSA) is 52.5 Å². The highest BCUT2D eigenvalue weighted by atomic mass is 16.3. The van der Waals surface area contributed by atoms with E-state index in [9.17, 15) is 0 Å². The molecular formula is C5H13NO2. The normalized spacial score (nSPS) is 16.1. The van der Waals surface area contributed by atoms with Crippen LogP contribution in [0.15, 0.2) is 0 Å². The Labute approximate surface area is 49.3 Å². The second-order valence-electron chi connectivity index (χ2n) is 2.38. The molecule has 1 unspecified atom stereocenters. The Kier molecular flexibility index (Phi) is 2.40. The van der Waals surface area contributed by atoms with Gasteiger partial charge in [0.1, 0.15) is 12.0 Å². The fourth-order valence-electron chi connectivity index (χ4n) is 0.511. The van der Waals surface area contributed by atoms with Crippen LogP contribution < -0.4 is 5.32 Å². The summed E-state index contributed by atoms with van der Waals surface area (Å²) >= 11 is 0. The molecule has 3 nitrogen and oxygen atoms in total. The van der Waals surface area contributed by atoms with Crippen molar-refractivity contribution in [2.24, 2.45) is 0 Å². The van der Waals surface area contributed by atoms with Gasteiger partial charge in [-0.05, 0) is 20.8 Å². The molecule has 0 saturated carbocycles. The van der Waals surface area contributed by atoms with Crippen molar-refractivity contribution in [1.82, 2.24) is 5.32 Å². The summed E-state index contributed by atoms with van der Waals surface area (Å²) in [6, 6.07) is 0. The fraction of sp³-hybridized carbons (Fsp3) is 1.00. The zero-order valence-corrected chi connectivity index (χ0v) is 5.47. The van der Waals surface area contributed by atoms with Gasteiger partial charge in [-0.1, -0.05) is 0 Å². The van der Waals surface area contributed by atoms with Gasteiger partial charge in [0, 0.05) is 0 Å². The van der Waals surface area contributed by atoms with Crippen LogP contribution in [-0.4, -0.2) is 22.2 Å². The van der Waals surface area contributed by atoms with Crippen LogP contribution in [0, 0.1) is 0 Å². The third kappa shape index (κ3) is 5.88. The van der Waals surface area contributed by atoms with Gasteiger partial charge in [-0.2, -0.15) is 0 Å². The number of nitrogens with one attached hydrogen (secondary N) is 1. The lowest BCUT2D eigenvalue weighted by Crippen LogP contribution is -2.44. The number of rotatable bonds is 2. The zero-order chi connectivity index (χ0) is 6.78. The van der Waals surface area contributed by atoms with Crippen molar-refractivity contribution < 1.29 is 10.2 Å². The van der Waals surface area contributed by atoms with Crippen LogP contribution in [0.1, 0.15) is 20.8 Å². The van der Waals surface area contributed by atoms with Crippen molar-refractivity contribution in [3.63, 3.8) is 0 Å². The molecule has 0 aliphatic rings. The minimum absolute atomic E-state index is 0.657. The number of hydrogen-bond donors (Lipinski definition) is 3. The first-order valence-electron chi connectivity index (χ1n) is 2.60. The van der Waals surface area contributed by atoms with Gasteiger partial charge < -0.3 is 10.2 Å². The van der Waals surface area contributed by atoms with Gasteiger partial charge in [0.15, 0.2) is 0 Å². The summed E-state index contributed by atoms with van der Waals surface area (Å²) in [6.07, 6.45) is -0.657. The van der Waals surface area contributed by atoms with Gasteiger partial charge in [-0.15, -0.1) is 0 Å². The first-order chi connectivity index (χ1) is 3.42. The van der Waals surface area contributed by atoms with E-state index in [1.54, 1.807) is 20.8 Å². The van der Waals surface area contributed by atoms with Crippen molar-refractivity contribution in [2.45, 2.75) is 32.7 Å². The van der Waals surface area contributed by atoms with Crippen molar-refractivity contribution in [3.05, 3.63) is 0 Å². The maximum absolute atomic E-state index is 8.92. The van der Waals surface area contributed by atoms with Crippen LogP contribution in [0.2, 0.25) is 0 Å². The van der Waals surface area contributed by atoms with Crippen LogP contribution in [0.25, 0.3) is 0 Å². The van der Waals surface area contributed by atoms with Crippen LogP contribution in [0.3, 0.4) is 0 Å². The highest BCUT2D eigenvalue weighted by Gasteiger charge is 2.12. The molecule has 0 amide bonds. The van der Waals surface area contributed by atoms with Crippen molar-refractivity contribution >= 4 is 0 Å². The lowest BCUT2D eigenvalue weighted by Gasteiger charge is -2.20. The quantitative estimate of drug-likeness (QED) is 0.435. The second-order valence-corrected chi connectivity index (χ2v) is 2.38. The maximum atomic E-state index is 8.92. The van der Waals surface area contributed by atoms with Crippen LogP contribution in [-0.2, 0) is 0 Å². The van der Waals surface area contributed by atoms with Crippen molar-refractivity contribution in [1.29, 1.82) is 0 Å². The highest BCUT2D eigenvalue weighted by Crippen LogP contribution is 1.94. The van der Waals surface area contributed by atoms with E-state index in [0.29, 0.717) is 0 Å². The molecular weight excluding hydrogens is 106 g/mol. The molecule has 3 N–H and O–H groups in total. The van der Waals surface area contributed by atoms with E-state index in [1.165, 1.54) is 0 Å². The van der Waals surface area contributed by atoms with E-state index >= 15 is 0 Å². The molecule has 0 saturated heterocycles. The minimum atomic E-state index is -0.978. The summed E-state index contributed by atoms with van der Waals surface area (Å²) in [6.45, 7) is 4.69. The third-order valence-corrected chi connectivity index (χ3v) is 0.562. The number of aliphatic hydroxyl groups is 2. The highest BCUT2D eigenvalue weighted by molar-refractivity contribution is 4.60. The molecule has 8 heavy (non-hydrogen) atoms. The molecule has 3 heteroatoms. The molecule has 0 spiro atoms. The van der Waals surface area contributed by atoms with Gasteiger partial charge in [0.05, 0.1) is 0 Å². The summed E-state index contributed by atoms with van der Waals surface area (Å²) < 4.78 is 0. The summed E-state index contributed by atoms with van der Waals surface area (Å²) in [5.74, 6) is 0. The molecule has 0 fully saturated rings. The first-order valence-corrected chi connectivity index (χ1v) is 2.60. The Hall–Kier alpha value is -0.120. The van der Waals surface area contributed by atoms with Crippen LogP contribution >= 0.6 is 0 Å². The number of aliphatic hydroxyl groups excluding tert-OH is 1. The van der Waals surface area contributed by atoms with E-state index in [2.05, 4.69) is 5.32 Å². The van der Waals surface area contributed by atoms with Gasteiger partial charge in [-0.3, -0.25) is 5.32 Å². The lowest BCUT2D eigenvalue weighted by atomic mass is 10.3. The molecule has 50 valence electrons. The largest absolute Gasteiger partial charge is 0.379 e. The molecule has 0 aromatic rings. The molecule has 0 radical (unpaired) electrons. The lowest BCUT2D eigenvalue weighted by molar-refractivity contribution is -0.0123. The van der Waals surface area contributed by atoms with Gasteiger partial charge >= 0.3 is 0 Å². The van der Waals surface area contributed by atoms with E-state index in [0.717, 1.165) is 0 Å². The molecule has 0 aliphatic heterocycles. The fourth-order valence-corrected chi connectivity index (χ4v) is 0.511. The smallest absolute Gasteiger partial charge is 0.112 e. The molecule has 0 aromatic carbocycles. The van der Waals surface area contributed by atoms with Crippen LogP contribution in [0.5, 0.6) is 0 Å².